The van der Waals surface area contributed by atoms with Crippen molar-refractivity contribution in [3.05, 3.63) is 60.2 Å². The molecule has 7 heteroatoms. The zero-order valence-corrected chi connectivity index (χ0v) is 15.7. The molecule has 2 aromatic rings. The van der Waals surface area contributed by atoms with Gasteiger partial charge in [0.1, 0.15) is 19.0 Å². The molecule has 26 heavy (non-hydrogen) atoms. The van der Waals surface area contributed by atoms with Crippen LogP contribution in [-0.4, -0.2) is 40.4 Å². The standard InChI is InChI=1S/C19H23NO5S/c1-15(16-8-10-18(11-9-16)26(2,22)23)20-19(21)14-24-12-13-25-17-6-4-3-5-7-17/h3-11,15H,12-14H2,1-2H3,(H,20,21)/t15-/m0/s1. The Morgan fingerprint density at radius 2 is 1.69 bits per heavy atom. The summed E-state index contributed by atoms with van der Waals surface area (Å²) in [5.41, 5.74) is 0.818. The second-order valence-electron chi connectivity index (χ2n) is 5.84. The third kappa shape index (κ3) is 6.50. The molecule has 0 saturated carbocycles. The number of benzene rings is 2. The van der Waals surface area contributed by atoms with E-state index in [2.05, 4.69) is 5.32 Å². The van der Waals surface area contributed by atoms with Gasteiger partial charge in [0.2, 0.25) is 5.91 Å². The van der Waals surface area contributed by atoms with E-state index in [0.717, 1.165) is 17.6 Å². The highest BCUT2D eigenvalue weighted by Gasteiger charge is 2.12. The number of ether oxygens (including phenoxy) is 2. The SMILES string of the molecule is C[C@H](NC(=O)COCCOc1ccccc1)c1ccc(S(C)(=O)=O)cc1. The topological polar surface area (TPSA) is 81.7 Å². The maximum Gasteiger partial charge on any atom is 0.246 e. The smallest absolute Gasteiger partial charge is 0.246 e. The highest BCUT2D eigenvalue weighted by atomic mass is 32.2. The van der Waals surface area contributed by atoms with Crippen LogP contribution in [0.4, 0.5) is 0 Å². The lowest BCUT2D eigenvalue weighted by Gasteiger charge is -2.15. The summed E-state index contributed by atoms with van der Waals surface area (Å²) in [4.78, 5) is 12.2. The molecule has 0 aliphatic rings. The zero-order valence-electron chi connectivity index (χ0n) is 14.8. The van der Waals surface area contributed by atoms with Crippen molar-refractivity contribution in [3.8, 4) is 5.75 Å². The molecular formula is C19H23NO5S. The largest absolute Gasteiger partial charge is 0.491 e. The summed E-state index contributed by atoms with van der Waals surface area (Å²) in [6.45, 7) is 2.43. The first-order chi connectivity index (χ1) is 12.4. The Labute approximate surface area is 154 Å². The van der Waals surface area contributed by atoms with Gasteiger partial charge in [-0.1, -0.05) is 30.3 Å². The van der Waals surface area contributed by atoms with Crippen LogP contribution in [0.3, 0.4) is 0 Å². The van der Waals surface area contributed by atoms with Crippen LogP contribution in [0, 0.1) is 0 Å². The summed E-state index contributed by atoms with van der Waals surface area (Å²) in [6.07, 6.45) is 1.16. The molecule has 0 bridgehead atoms. The fourth-order valence-corrected chi connectivity index (χ4v) is 2.90. The molecule has 140 valence electrons. The van der Waals surface area contributed by atoms with Crippen molar-refractivity contribution in [2.24, 2.45) is 0 Å². The Morgan fingerprint density at radius 1 is 1.04 bits per heavy atom. The second kappa shape index (κ2) is 9.35. The third-order valence-corrected chi connectivity index (χ3v) is 4.79. The first kappa shape index (κ1) is 19.9. The minimum absolute atomic E-state index is 0.0656. The number of hydrogen-bond acceptors (Lipinski definition) is 5. The summed E-state index contributed by atoms with van der Waals surface area (Å²) < 4.78 is 33.7. The van der Waals surface area contributed by atoms with Crippen LogP contribution in [0.25, 0.3) is 0 Å². The van der Waals surface area contributed by atoms with Gasteiger partial charge in [-0.3, -0.25) is 4.79 Å². The van der Waals surface area contributed by atoms with Crippen LogP contribution in [0.1, 0.15) is 18.5 Å². The Balaban J connectivity index is 1.70. The van der Waals surface area contributed by atoms with Crippen molar-refractivity contribution in [2.75, 3.05) is 26.1 Å². The molecule has 0 aromatic heterocycles. The summed E-state index contributed by atoms with van der Waals surface area (Å²) in [5, 5.41) is 2.81. The van der Waals surface area contributed by atoms with Gasteiger partial charge in [0, 0.05) is 6.26 Å². The van der Waals surface area contributed by atoms with Gasteiger partial charge in [0.05, 0.1) is 17.5 Å². The van der Waals surface area contributed by atoms with Gasteiger partial charge in [-0.2, -0.15) is 0 Å². The van der Waals surface area contributed by atoms with E-state index in [0.29, 0.717) is 13.2 Å². The molecule has 0 fully saturated rings. The molecule has 1 atom stereocenters. The minimum atomic E-state index is -3.23. The van der Waals surface area contributed by atoms with E-state index in [9.17, 15) is 13.2 Å². The van der Waals surface area contributed by atoms with Gasteiger partial charge in [-0.05, 0) is 36.8 Å². The lowest BCUT2D eigenvalue weighted by molar-refractivity contribution is -0.126. The number of sulfone groups is 1. The Hall–Kier alpha value is -2.38. The van der Waals surface area contributed by atoms with Crippen molar-refractivity contribution >= 4 is 15.7 Å². The summed E-state index contributed by atoms with van der Waals surface area (Å²) >= 11 is 0. The third-order valence-electron chi connectivity index (χ3n) is 3.66. The molecule has 0 aliphatic carbocycles. The molecule has 0 spiro atoms. The van der Waals surface area contributed by atoms with E-state index in [1.807, 2.05) is 37.3 Å². The molecule has 6 nitrogen and oxygen atoms in total. The van der Waals surface area contributed by atoms with Crippen molar-refractivity contribution in [2.45, 2.75) is 17.9 Å². The van der Waals surface area contributed by atoms with Gasteiger partial charge in [-0.25, -0.2) is 8.42 Å². The van der Waals surface area contributed by atoms with Gasteiger partial charge < -0.3 is 14.8 Å². The lowest BCUT2D eigenvalue weighted by Crippen LogP contribution is -2.30. The van der Waals surface area contributed by atoms with Gasteiger partial charge >= 0.3 is 0 Å². The Kier molecular flexibility index (Phi) is 7.17. The number of nitrogens with one attached hydrogen (secondary N) is 1. The van der Waals surface area contributed by atoms with Crippen molar-refractivity contribution in [3.63, 3.8) is 0 Å². The lowest BCUT2D eigenvalue weighted by atomic mass is 10.1. The van der Waals surface area contributed by atoms with Gasteiger partial charge in [-0.15, -0.1) is 0 Å². The summed E-state index contributed by atoms with van der Waals surface area (Å²) in [5.74, 6) is 0.510. The van der Waals surface area contributed by atoms with E-state index >= 15 is 0 Å². The summed E-state index contributed by atoms with van der Waals surface area (Å²) in [7, 11) is -3.23. The van der Waals surface area contributed by atoms with Crippen LogP contribution >= 0.6 is 0 Å². The molecule has 0 aliphatic heterocycles. The van der Waals surface area contributed by atoms with Crippen LogP contribution in [0.15, 0.2) is 59.5 Å². The number of rotatable bonds is 9. The van der Waals surface area contributed by atoms with E-state index in [1.54, 1.807) is 12.1 Å². The number of para-hydroxylation sites is 1. The number of carbonyl (C=O) groups excluding carboxylic acids is 1. The summed E-state index contributed by atoms with van der Waals surface area (Å²) in [6, 6.07) is 15.6. The second-order valence-corrected chi connectivity index (χ2v) is 7.86. The normalized spacial score (nSPS) is 12.4. The van der Waals surface area contributed by atoms with Crippen LogP contribution in [0.5, 0.6) is 5.75 Å². The van der Waals surface area contributed by atoms with Crippen molar-refractivity contribution in [1.29, 1.82) is 0 Å². The van der Waals surface area contributed by atoms with Crippen LogP contribution in [-0.2, 0) is 19.4 Å². The fraction of sp³-hybridized carbons (Fsp3) is 0.316. The van der Waals surface area contributed by atoms with Crippen molar-refractivity contribution in [1.82, 2.24) is 5.32 Å². The molecule has 0 radical (unpaired) electrons. The molecule has 2 aromatic carbocycles. The van der Waals surface area contributed by atoms with Gasteiger partial charge in [0.25, 0.3) is 0 Å². The van der Waals surface area contributed by atoms with Crippen molar-refractivity contribution < 1.29 is 22.7 Å². The molecule has 0 heterocycles. The highest BCUT2D eigenvalue weighted by molar-refractivity contribution is 7.90. The van der Waals surface area contributed by atoms with E-state index in [-0.39, 0.29) is 23.5 Å². The molecule has 1 N–H and O–H groups in total. The molecule has 0 saturated heterocycles. The number of hydrogen-bond donors (Lipinski definition) is 1. The Bertz CT molecular complexity index is 804. The fourth-order valence-electron chi connectivity index (χ4n) is 2.27. The average molecular weight is 377 g/mol. The predicted molar refractivity (Wildman–Crippen MR) is 98.9 cm³/mol. The molecular weight excluding hydrogens is 354 g/mol. The Morgan fingerprint density at radius 3 is 2.31 bits per heavy atom. The average Bonchev–Trinajstić information content (AvgIpc) is 2.61. The van der Waals surface area contributed by atoms with Crippen LogP contribution < -0.4 is 10.1 Å². The van der Waals surface area contributed by atoms with E-state index < -0.39 is 9.84 Å². The van der Waals surface area contributed by atoms with E-state index in [4.69, 9.17) is 9.47 Å². The quantitative estimate of drug-likeness (QED) is 0.679. The van der Waals surface area contributed by atoms with Gasteiger partial charge in [0.15, 0.2) is 9.84 Å². The highest BCUT2D eigenvalue weighted by Crippen LogP contribution is 2.16. The van der Waals surface area contributed by atoms with Crippen LogP contribution in [0.2, 0.25) is 0 Å². The minimum Gasteiger partial charge on any atom is -0.491 e. The number of amides is 1. The zero-order chi connectivity index (χ0) is 19.0. The maximum atomic E-state index is 11.9. The first-order valence-corrected chi connectivity index (χ1v) is 10.1. The molecule has 1 amide bonds. The monoisotopic (exact) mass is 377 g/mol. The van der Waals surface area contributed by atoms with E-state index in [1.165, 1.54) is 12.1 Å². The maximum absolute atomic E-state index is 11.9. The molecule has 0 unspecified atom stereocenters. The molecule has 2 rings (SSSR count). The first-order valence-electron chi connectivity index (χ1n) is 8.21. The number of carbonyl (C=O) groups is 1. The predicted octanol–water partition coefficient (Wildman–Crippen LogP) is 2.36.